The van der Waals surface area contributed by atoms with Crippen LogP contribution in [0.4, 0.5) is 17.6 Å². The third-order valence-electron chi connectivity index (χ3n) is 7.40. The average Bonchev–Trinajstić information content (AvgIpc) is 2.99. The van der Waals surface area contributed by atoms with Crippen molar-refractivity contribution in [3.05, 3.63) is 41.5 Å². The van der Waals surface area contributed by atoms with Gasteiger partial charge in [-0.05, 0) is 43.5 Å². The number of hydrogen-bond acceptors (Lipinski definition) is 13. The smallest absolute Gasteiger partial charge is 0.226 e. The van der Waals surface area contributed by atoms with E-state index in [9.17, 15) is 0 Å². The highest BCUT2D eigenvalue weighted by molar-refractivity contribution is 7.89. The van der Waals surface area contributed by atoms with Crippen molar-refractivity contribution in [1.82, 2.24) is 25.5 Å². The Bertz CT molecular complexity index is 976. The van der Waals surface area contributed by atoms with Crippen molar-refractivity contribution in [2.45, 2.75) is 57.7 Å². The molecule has 1 aromatic heterocycles. The van der Waals surface area contributed by atoms with Crippen molar-refractivity contribution in [1.29, 1.82) is 0 Å². The van der Waals surface area contributed by atoms with E-state index in [-0.39, 0.29) is 0 Å². The molecular formula is C27H44N8O4S. The summed E-state index contributed by atoms with van der Waals surface area (Å²) in [6.45, 7) is 8.23. The second-order valence-corrected chi connectivity index (χ2v) is 10.8. The van der Waals surface area contributed by atoms with Gasteiger partial charge in [0.25, 0.3) is 0 Å². The normalized spacial score (nSPS) is 16.9. The van der Waals surface area contributed by atoms with Gasteiger partial charge in [0.15, 0.2) is 12.3 Å². The van der Waals surface area contributed by atoms with Crippen LogP contribution in [-0.2, 0) is 26.6 Å². The molecule has 12 nitrogen and oxygen atoms in total. The van der Waals surface area contributed by atoms with Gasteiger partial charge in [-0.3, -0.25) is 9.08 Å². The van der Waals surface area contributed by atoms with Crippen LogP contribution in [0.2, 0.25) is 0 Å². The van der Waals surface area contributed by atoms with E-state index in [1.807, 2.05) is 6.07 Å². The maximum atomic E-state index is 8.10. The van der Waals surface area contributed by atoms with Gasteiger partial charge in [-0.1, -0.05) is 48.6 Å². The van der Waals surface area contributed by atoms with Crippen molar-refractivity contribution < 1.29 is 18.8 Å². The van der Waals surface area contributed by atoms with Crippen LogP contribution in [0.15, 0.2) is 30.3 Å². The van der Waals surface area contributed by atoms with Crippen molar-refractivity contribution in [3.8, 4) is 0 Å². The minimum atomic E-state index is 0.446. The number of nitrogens with one attached hydrogen (secondary N) is 3. The van der Waals surface area contributed by atoms with Crippen LogP contribution >= 0.6 is 12.3 Å². The molecule has 222 valence electrons. The first kappa shape index (κ1) is 30.7. The molecule has 1 saturated carbocycles. The van der Waals surface area contributed by atoms with Gasteiger partial charge in [-0.25, -0.2) is 5.26 Å². The minimum Gasteiger partial charge on any atom is -0.383 e. The summed E-state index contributed by atoms with van der Waals surface area (Å²) in [5, 5.41) is 22.2. The summed E-state index contributed by atoms with van der Waals surface area (Å²) in [5.74, 6) is 1.80. The lowest BCUT2D eigenvalue weighted by Crippen LogP contribution is -2.47. The van der Waals surface area contributed by atoms with Crippen LogP contribution in [0.3, 0.4) is 0 Å². The van der Waals surface area contributed by atoms with Crippen LogP contribution in [-0.4, -0.2) is 78.6 Å². The topological polar surface area (TPSA) is 142 Å². The van der Waals surface area contributed by atoms with E-state index in [1.165, 1.54) is 37.7 Å². The lowest BCUT2D eigenvalue weighted by molar-refractivity contribution is -0.434. The molecule has 4 rings (SSSR count). The van der Waals surface area contributed by atoms with Gasteiger partial charge in [-0.15, -0.1) is 4.33 Å². The zero-order valence-corrected chi connectivity index (χ0v) is 24.0. The molecule has 6 N–H and O–H groups in total. The van der Waals surface area contributed by atoms with Crippen molar-refractivity contribution >= 4 is 29.9 Å². The van der Waals surface area contributed by atoms with Gasteiger partial charge in [0.05, 0.1) is 6.61 Å². The molecule has 0 bridgehead atoms. The highest BCUT2D eigenvalue weighted by atomic mass is 32.2. The molecule has 2 aromatic rings. The zero-order chi connectivity index (χ0) is 27.8. The summed E-state index contributed by atoms with van der Waals surface area (Å²) in [5.41, 5.74) is 8.55. The average molecular weight is 577 g/mol. The van der Waals surface area contributed by atoms with Crippen LogP contribution in [0.25, 0.3) is 0 Å². The molecule has 2 heterocycles. The Kier molecular flexibility index (Phi) is 13.5. The molecule has 1 aliphatic carbocycles. The molecule has 13 heteroatoms. The summed E-state index contributed by atoms with van der Waals surface area (Å²) < 4.78 is 9.34. The third-order valence-corrected chi connectivity index (χ3v) is 7.78. The zero-order valence-electron chi connectivity index (χ0n) is 23.2. The first-order chi connectivity index (χ1) is 19.7. The number of aromatic nitrogens is 2. The van der Waals surface area contributed by atoms with E-state index in [1.54, 1.807) is 0 Å². The molecule has 1 aromatic carbocycles. The summed E-state index contributed by atoms with van der Waals surface area (Å²) in [7, 11) is 0. The molecule has 1 saturated heterocycles. The molecule has 40 heavy (non-hydrogen) atoms. The van der Waals surface area contributed by atoms with Crippen molar-refractivity contribution in [2.24, 2.45) is 0 Å². The van der Waals surface area contributed by atoms with Crippen LogP contribution in [0.1, 0.15) is 49.7 Å². The lowest BCUT2D eigenvalue weighted by atomic mass is 9.95. The maximum absolute atomic E-state index is 8.10. The van der Waals surface area contributed by atoms with Crippen LogP contribution < -0.4 is 26.6 Å². The summed E-state index contributed by atoms with van der Waals surface area (Å²) in [6, 6.07) is 11.2. The molecule has 1 aliphatic heterocycles. The number of nitrogen functional groups attached to an aromatic ring is 1. The van der Waals surface area contributed by atoms with E-state index in [4.69, 9.17) is 20.2 Å². The Morgan fingerprint density at radius 3 is 2.48 bits per heavy atom. The largest absolute Gasteiger partial charge is 0.383 e. The maximum Gasteiger partial charge on any atom is 0.226 e. The van der Waals surface area contributed by atoms with E-state index >= 15 is 0 Å². The van der Waals surface area contributed by atoms with E-state index in [0.29, 0.717) is 37.2 Å². The fourth-order valence-corrected chi connectivity index (χ4v) is 5.35. The Labute approximate surface area is 241 Å². The second-order valence-electron chi connectivity index (χ2n) is 10.3. The minimum absolute atomic E-state index is 0.446. The Balaban J connectivity index is 1.13. The van der Waals surface area contributed by atoms with E-state index in [2.05, 4.69) is 64.4 Å². The predicted octanol–water partition coefficient (Wildman–Crippen LogP) is 3.20. The molecular weight excluding hydrogens is 532 g/mol. The van der Waals surface area contributed by atoms with Gasteiger partial charge in [0.1, 0.15) is 11.6 Å². The number of nitrogens with zero attached hydrogens (tertiary/aromatic N) is 4. The molecule has 0 unspecified atom stereocenters. The number of hydrogen-bond donors (Lipinski definition) is 5. The third kappa shape index (κ3) is 11.0. The Hall–Kier alpha value is -2.23. The Morgan fingerprint density at radius 2 is 1.73 bits per heavy atom. The standard InChI is InChI=1S/C27H44N8O4S/c28-25-19-26(35-15-13-34(14-16-35)17-18-37-40-39-38-36)33-27(32-25)31-21-23-9-7-22(8-10-23)20-29-11-4-12-30-24-5-2-1-3-6-24/h7-10,19,24,29-30,36H,1-6,11-18,20-21H2,(H3,28,31,32,33). The summed E-state index contributed by atoms with van der Waals surface area (Å²) in [4.78, 5) is 13.6. The number of nitrogens with two attached hydrogens (primary N) is 1. The predicted molar refractivity (Wildman–Crippen MR) is 158 cm³/mol. The van der Waals surface area contributed by atoms with Gasteiger partial charge in [0.2, 0.25) is 5.95 Å². The number of piperazine rings is 1. The number of benzene rings is 1. The fraction of sp³-hybridized carbons (Fsp3) is 0.630. The van der Waals surface area contributed by atoms with Gasteiger partial charge < -0.3 is 26.6 Å². The van der Waals surface area contributed by atoms with E-state index < -0.39 is 0 Å². The number of anilines is 3. The lowest BCUT2D eigenvalue weighted by Gasteiger charge is -2.35. The number of rotatable bonds is 17. The quantitative estimate of drug-likeness (QED) is 0.0815. The molecule has 0 spiro atoms. The molecule has 2 aliphatic rings. The van der Waals surface area contributed by atoms with E-state index in [0.717, 1.165) is 76.2 Å². The van der Waals surface area contributed by atoms with Gasteiger partial charge >= 0.3 is 0 Å². The first-order valence-corrected chi connectivity index (χ1v) is 15.0. The first-order valence-electron chi connectivity index (χ1n) is 14.3. The monoisotopic (exact) mass is 576 g/mol. The van der Waals surface area contributed by atoms with Gasteiger partial charge in [0, 0.05) is 57.9 Å². The molecule has 0 radical (unpaired) electrons. The highest BCUT2D eigenvalue weighted by Crippen LogP contribution is 2.19. The second kappa shape index (κ2) is 17.6. The SMILES string of the molecule is Nc1cc(N2CCN(CCOSOOO)CC2)nc(NCc2ccc(CNCCCNC3CCCCC3)cc2)n1. The molecule has 0 atom stereocenters. The summed E-state index contributed by atoms with van der Waals surface area (Å²) in [6.07, 6.45) is 8.01. The fourth-order valence-electron chi connectivity index (χ4n) is 5.14. The molecule has 2 fully saturated rings. The van der Waals surface area contributed by atoms with Crippen molar-refractivity contribution in [3.63, 3.8) is 0 Å². The Morgan fingerprint density at radius 1 is 0.975 bits per heavy atom. The summed E-state index contributed by atoms with van der Waals surface area (Å²) >= 11 is 0.603. The molecule has 0 amide bonds. The van der Waals surface area contributed by atoms with Crippen LogP contribution in [0.5, 0.6) is 0 Å². The highest BCUT2D eigenvalue weighted by Gasteiger charge is 2.19. The van der Waals surface area contributed by atoms with Crippen LogP contribution in [0, 0.1) is 0 Å². The van der Waals surface area contributed by atoms with Gasteiger partial charge in [-0.2, -0.15) is 9.97 Å². The van der Waals surface area contributed by atoms with Crippen molar-refractivity contribution in [2.75, 3.05) is 68.4 Å².